The van der Waals surface area contributed by atoms with Crippen LogP contribution in [0.5, 0.6) is 5.75 Å². The third-order valence-corrected chi connectivity index (χ3v) is 4.22. The van der Waals surface area contributed by atoms with E-state index in [1.165, 1.54) is 36.4 Å². The molecule has 0 unspecified atom stereocenters. The molecule has 0 aromatic heterocycles. The van der Waals surface area contributed by atoms with Crippen molar-refractivity contribution in [3.8, 4) is 5.75 Å². The minimum atomic E-state index is -0.363. The second-order valence-electron chi connectivity index (χ2n) is 5.34. The first-order valence-corrected chi connectivity index (χ1v) is 8.99. The summed E-state index contributed by atoms with van der Waals surface area (Å²) >= 11 is 0.956. The van der Waals surface area contributed by atoms with Gasteiger partial charge in [-0.15, -0.1) is 0 Å². The van der Waals surface area contributed by atoms with Crippen molar-refractivity contribution in [2.24, 2.45) is 10.7 Å². The van der Waals surface area contributed by atoms with Gasteiger partial charge in [0.05, 0.1) is 29.4 Å². The number of rotatable bonds is 8. The highest BCUT2D eigenvalue weighted by atomic mass is 32.2. The highest BCUT2D eigenvalue weighted by Gasteiger charge is 2.12. The Balaban J connectivity index is 2.07. The van der Waals surface area contributed by atoms with Gasteiger partial charge in [0.2, 0.25) is 0 Å². The number of carbonyl (C=O) groups is 1. The van der Waals surface area contributed by atoms with Gasteiger partial charge in [0.1, 0.15) is 5.75 Å². The Kier molecular flexibility index (Phi) is 7.61. The van der Waals surface area contributed by atoms with Crippen LogP contribution in [0.1, 0.15) is 17.3 Å². The number of benzene rings is 2. The number of amidine groups is 1. The van der Waals surface area contributed by atoms with Gasteiger partial charge in [0, 0.05) is 5.56 Å². The molecule has 2 aromatic carbocycles. The first kappa shape index (κ1) is 21.5. The average molecular weight is 406 g/mol. The first-order chi connectivity index (χ1) is 13.3. The zero-order valence-electron chi connectivity index (χ0n) is 14.8. The second kappa shape index (κ2) is 9.92. The molecule has 0 heterocycles. The summed E-state index contributed by atoms with van der Waals surface area (Å²) in [6.07, 6.45) is 0. The van der Waals surface area contributed by atoms with Crippen LogP contribution in [0, 0.1) is 10.4 Å². The molecule has 10 nitrogen and oxygen atoms in total. The maximum absolute atomic E-state index is 12.3. The van der Waals surface area contributed by atoms with Crippen LogP contribution in [0.4, 0.5) is 17.1 Å². The number of anilines is 2. The molecule has 11 heteroatoms. The van der Waals surface area contributed by atoms with Gasteiger partial charge in [-0.05, 0) is 43.3 Å². The van der Waals surface area contributed by atoms with E-state index in [2.05, 4.69) is 4.99 Å². The first-order valence-electron chi connectivity index (χ1n) is 8.01. The summed E-state index contributed by atoms with van der Waals surface area (Å²) in [5.74, 6) is -0.258. The topological polar surface area (TPSA) is 158 Å². The summed E-state index contributed by atoms with van der Waals surface area (Å²) in [7, 11) is 0. The third-order valence-electron chi connectivity index (χ3n) is 3.43. The Labute approximate surface area is 164 Å². The molecule has 0 saturated carbocycles. The molecule has 150 valence electrons. The predicted octanol–water partition coefficient (Wildman–Crippen LogP) is 3.03. The molecule has 0 spiro atoms. The van der Waals surface area contributed by atoms with Crippen LogP contribution in [0.25, 0.3) is 0 Å². The Bertz CT molecular complexity index is 859. The molecule has 0 atom stereocenters. The molecule has 0 amide bonds. The number of thioether (sulfide) groups is 1. The van der Waals surface area contributed by atoms with Crippen molar-refractivity contribution in [2.45, 2.75) is 6.92 Å². The van der Waals surface area contributed by atoms with E-state index in [0.717, 1.165) is 11.8 Å². The van der Waals surface area contributed by atoms with Crippen LogP contribution in [0.15, 0.2) is 47.5 Å². The summed E-state index contributed by atoms with van der Waals surface area (Å²) in [6, 6.07) is 9.93. The Hall–Kier alpha value is -2.83. The van der Waals surface area contributed by atoms with E-state index in [1.54, 1.807) is 13.0 Å². The minimum Gasteiger partial charge on any atom is -0.733 e. The summed E-state index contributed by atoms with van der Waals surface area (Å²) in [4.78, 5) is 16.4. The van der Waals surface area contributed by atoms with E-state index >= 15 is 0 Å². The molecule has 0 fully saturated rings. The van der Waals surface area contributed by atoms with Gasteiger partial charge in [-0.2, -0.15) is 0 Å². The van der Waals surface area contributed by atoms with Crippen molar-refractivity contribution in [1.29, 1.82) is 0 Å². The van der Waals surface area contributed by atoms with Crippen LogP contribution in [0.3, 0.4) is 0 Å². The summed E-state index contributed by atoms with van der Waals surface area (Å²) in [6.45, 7) is 2.01. The monoisotopic (exact) mass is 406 g/mol. The molecular weight excluding hydrogens is 388 g/mol. The van der Waals surface area contributed by atoms with Crippen LogP contribution in [0.2, 0.25) is 0 Å². The number of ketones is 1. The number of carbonyl (C=O) groups excluding carboxylic acids is 1. The van der Waals surface area contributed by atoms with Gasteiger partial charge in [-0.1, -0.05) is 17.8 Å². The molecule has 0 aliphatic rings. The molecule has 2 rings (SSSR count). The van der Waals surface area contributed by atoms with Crippen molar-refractivity contribution in [3.63, 3.8) is 0 Å². The minimum absolute atomic E-state index is 0.0109. The van der Waals surface area contributed by atoms with E-state index < -0.39 is 0 Å². The van der Waals surface area contributed by atoms with Crippen molar-refractivity contribution >= 4 is 39.8 Å². The predicted molar refractivity (Wildman–Crippen MR) is 107 cm³/mol. The fourth-order valence-corrected chi connectivity index (χ4v) is 2.80. The fraction of sp³-hybridized carbons (Fsp3) is 0.176. The highest BCUT2D eigenvalue weighted by molar-refractivity contribution is 8.14. The molecule has 2 aromatic rings. The lowest BCUT2D eigenvalue weighted by atomic mass is 10.1. The summed E-state index contributed by atoms with van der Waals surface area (Å²) in [5, 5.41) is 39.6. The van der Waals surface area contributed by atoms with Crippen molar-refractivity contribution in [3.05, 3.63) is 58.4 Å². The number of ether oxygens (including phenoxy) is 1. The molecule has 0 saturated heterocycles. The smallest absolute Gasteiger partial charge is 0.173 e. The fourth-order valence-electron chi connectivity index (χ4n) is 2.18. The zero-order chi connectivity index (χ0) is 20.7. The lowest BCUT2D eigenvalue weighted by Crippen LogP contribution is -2.13. The van der Waals surface area contributed by atoms with Crippen LogP contribution in [-0.4, -0.2) is 33.7 Å². The quantitative estimate of drug-likeness (QED) is 0.257. The SMILES string of the molecule is CCOc1ccc(C(=O)CSC(N)=Nc2cccc(N([O-])O)c2)cc1N([O-])O. The largest absolute Gasteiger partial charge is 0.733 e. The highest BCUT2D eigenvalue weighted by Crippen LogP contribution is 2.29. The van der Waals surface area contributed by atoms with Crippen LogP contribution < -0.4 is 20.9 Å². The van der Waals surface area contributed by atoms with E-state index in [1.807, 2.05) is 0 Å². The Morgan fingerprint density at radius 3 is 2.61 bits per heavy atom. The number of aliphatic imine (C=N–C) groups is 1. The van der Waals surface area contributed by atoms with Gasteiger partial charge in [0.15, 0.2) is 11.0 Å². The third kappa shape index (κ3) is 5.84. The second-order valence-corrected chi connectivity index (χ2v) is 6.34. The van der Waals surface area contributed by atoms with E-state index in [9.17, 15) is 20.4 Å². The van der Waals surface area contributed by atoms with Crippen LogP contribution in [-0.2, 0) is 0 Å². The van der Waals surface area contributed by atoms with Crippen molar-refractivity contribution < 1.29 is 19.9 Å². The van der Waals surface area contributed by atoms with Gasteiger partial charge < -0.3 is 31.3 Å². The number of hydrogen-bond acceptors (Lipinski definition) is 10. The molecule has 0 aliphatic carbocycles. The number of Topliss-reactive ketones (excluding diaryl/α,β-unsaturated/α-hetero) is 1. The lowest BCUT2D eigenvalue weighted by molar-refractivity contribution is 0.102. The molecule has 0 aliphatic heterocycles. The number of nitrogens with two attached hydrogens (primary N) is 1. The van der Waals surface area contributed by atoms with E-state index in [0.29, 0.717) is 12.3 Å². The molecule has 0 bridgehead atoms. The van der Waals surface area contributed by atoms with Gasteiger partial charge in [-0.25, -0.2) is 4.99 Å². The average Bonchev–Trinajstić information content (AvgIpc) is 2.66. The maximum atomic E-state index is 12.3. The molecular formula is C17H18N4O6S-2. The summed E-state index contributed by atoms with van der Waals surface area (Å²) in [5.41, 5.74) is 6.12. The van der Waals surface area contributed by atoms with Gasteiger partial charge >= 0.3 is 0 Å². The lowest BCUT2D eigenvalue weighted by Gasteiger charge is -2.24. The Morgan fingerprint density at radius 2 is 1.96 bits per heavy atom. The van der Waals surface area contributed by atoms with Crippen molar-refractivity contribution in [1.82, 2.24) is 0 Å². The number of hydrogen-bond donors (Lipinski definition) is 3. The van der Waals surface area contributed by atoms with Gasteiger partial charge in [-0.3, -0.25) is 15.2 Å². The maximum Gasteiger partial charge on any atom is 0.173 e. The molecule has 0 radical (unpaired) electrons. The summed E-state index contributed by atoms with van der Waals surface area (Å²) < 4.78 is 5.22. The number of nitrogens with zero attached hydrogens (tertiary/aromatic N) is 3. The standard InChI is InChI=1S/C17H18N4O6S/c1-2-27-16-7-6-11(8-14(16)21(25)26)15(22)10-28-17(18)19-12-4-3-5-13(9-12)20(23)24/h3-9,23,25H,2,10H2,1H3,(H2,18,19)/q-2. The Morgan fingerprint density at radius 1 is 1.21 bits per heavy atom. The molecule has 4 N–H and O–H groups in total. The van der Waals surface area contributed by atoms with Crippen molar-refractivity contribution in [2.75, 3.05) is 22.8 Å². The van der Waals surface area contributed by atoms with E-state index in [-0.39, 0.29) is 49.8 Å². The van der Waals surface area contributed by atoms with Crippen LogP contribution >= 0.6 is 11.8 Å². The normalized spacial score (nSPS) is 11.2. The zero-order valence-corrected chi connectivity index (χ0v) is 15.6. The van der Waals surface area contributed by atoms with Gasteiger partial charge in [0.25, 0.3) is 0 Å². The molecule has 28 heavy (non-hydrogen) atoms. The van der Waals surface area contributed by atoms with E-state index in [4.69, 9.17) is 15.7 Å².